The summed E-state index contributed by atoms with van der Waals surface area (Å²) in [5.74, 6) is -0.389. The molecule has 1 saturated carbocycles. The number of rotatable bonds is 6. The predicted octanol–water partition coefficient (Wildman–Crippen LogP) is 6.93. The van der Waals surface area contributed by atoms with Crippen molar-refractivity contribution in [2.45, 2.75) is 37.8 Å². The molecule has 188 valence electrons. The van der Waals surface area contributed by atoms with Crippen LogP contribution in [-0.4, -0.2) is 26.7 Å². The smallest absolute Gasteiger partial charge is 0.421 e. The number of benzene rings is 2. The van der Waals surface area contributed by atoms with Gasteiger partial charge in [0, 0.05) is 60.3 Å². The Balaban J connectivity index is 1.21. The number of hydrogen-bond acceptors (Lipinski definition) is 4. The fraction of sp³-hybridized carbons (Fsp3) is 0.241. The molecule has 1 aliphatic carbocycles. The van der Waals surface area contributed by atoms with Gasteiger partial charge in [0.1, 0.15) is 11.7 Å². The summed E-state index contributed by atoms with van der Waals surface area (Å²) in [5.41, 5.74) is 3.12. The largest absolute Gasteiger partial charge is 0.474 e. The maximum Gasteiger partial charge on any atom is 0.421 e. The third-order valence-corrected chi connectivity index (χ3v) is 6.96. The Kier molecular flexibility index (Phi) is 5.83. The highest BCUT2D eigenvalue weighted by molar-refractivity contribution is 6.08. The standard InChI is InChI=1S/C29H24F3N3O2/c1-35-26-9-10-33-16-24(26)23-8-7-19(12-27(23)35)20-11-25(29(30,31)32)28(34-15-20)37-22-13-21(14-22)36-17-18-5-3-2-4-6-18/h2-12,15-16,21-22H,13-14,17H2,1H3. The normalized spacial score (nSPS) is 17.7. The molecule has 2 aromatic carbocycles. The number of alkyl halides is 3. The molecule has 0 atom stereocenters. The van der Waals surface area contributed by atoms with Crippen LogP contribution in [0.15, 0.2) is 79.3 Å². The van der Waals surface area contributed by atoms with Crippen LogP contribution in [0.1, 0.15) is 24.0 Å². The lowest BCUT2D eigenvalue weighted by Gasteiger charge is -2.35. The highest BCUT2D eigenvalue weighted by Gasteiger charge is 2.39. The molecule has 0 saturated heterocycles. The van der Waals surface area contributed by atoms with Crippen molar-refractivity contribution in [1.82, 2.24) is 14.5 Å². The van der Waals surface area contributed by atoms with Gasteiger partial charge in [-0.2, -0.15) is 13.2 Å². The van der Waals surface area contributed by atoms with Crippen molar-refractivity contribution >= 4 is 21.8 Å². The molecule has 3 aromatic heterocycles. The second-order valence-corrected chi connectivity index (χ2v) is 9.39. The monoisotopic (exact) mass is 503 g/mol. The van der Waals surface area contributed by atoms with Gasteiger partial charge in [-0.15, -0.1) is 0 Å². The molecule has 1 aliphatic rings. The Morgan fingerprint density at radius 2 is 1.70 bits per heavy atom. The van der Waals surface area contributed by atoms with Crippen molar-refractivity contribution in [3.8, 4) is 17.0 Å². The van der Waals surface area contributed by atoms with Gasteiger partial charge in [0.2, 0.25) is 5.88 Å². The van der Waals surface area contributed by atoms with Crippen LogP contribution in [-0.2, 0) is 24.6 Å². The summed E-state index contributed by atoms with van der Waals surface area (Å²) in [7, 11) is 1.93. The SMILES string of the molecule is Cn1c2ccncc2c2ccc(-c3cnc(OC4CC(OCc5ccccc5)C4)c(C(F)(F)F)c3)cc21. The Morgan fingerprint density at radius 3 is 2.49 bits per heavy atom. The summed E-state index contributed by atoms with van der Waals surface area (Å²) in [5, 5.41) is 1.99. The Bertz CT molecular complexity index is 1570. The van der Waals surface area contributed by atoms with Crippen LogP contribution in [0.3, 0.4) is 0 Å². The minimum Gasteiger partial charge on any atom is -0.474 e. The van der Waals surface area contributed by atoms with Crippen LogP contribution < -0.4 is 4.74 Å². The molecule has 5 nitrogen and oxygen atoms in total. The van der Waals surface area contributed by atoms with Crippen molar-refractivity contribution in [1.29, 1.82) is 0 Å². The molecule has 37 heavy (non-hydrogen) atoms. The van der Waals surface area contributed by atoms with Crippen LogP contribution in [0.25, 0.3) is 32.9 Å². The lowest BCUT2D eigenvalue weighted by Crippen LogP contribution is -2.40. The van der Waals surface area contributed by atoms with E-state index in [4.69, 9.17) is 9.47 Å². The maximum absolute atomic E-state index is 14.0. The van der Waals surface area contributed by atoms with Crippen molar-refractivity contribution in [3.63, 3.8) is 0 Å². The van der Waals surface area contributed by atoms with Gasteiger partial charge in [0.15, 0.2) is 0 Å². The zero-order valence-corrected chi connectivity index (χ0v) is 20.1. The Morgan fingerprint density at radius 1 is 0.892 bits per heavy atom. The lowest BCUT2D eigenvalue weighted by molar-refractivity contribution is -0.141. The fourth-order valence-electron chi connectivity index (χ4n) is 4.84. The summed E-state index contributed by atoms with van der Waals surface area (Å²) >= 11 is 0. The van der Waals surface area contributed by atoms with Gasteiger partial charge < -0.3 is 14.0 Å². The molecule has 3 heterocycles. The van der Waals surface area contributed by atoms with E-state index < -0.39 is 11.7 Å². The molecular formula is C29H24F3N3O2. The number of hydrogen-bond donors (Lipinski definition) is 0. The number of aryl methyl sites for hydroxylation is 1. The van der Waals surface area contributed by atoms with Gasteiger partial charge in [-0.25, -0.2) is 4.98 Å². The molecule has 5 aromatic rings. The topological polar surface area (TPSA) is 49.2 Å². The van der Waals surface area contributed by atoms with Crippen molar-refractivity contribution < 1.29 is 22.6 Å². The van der Waals surface area contributed by atoms with Crippen LogP contribution in [0.4, 0.5) is 13.2 Å². The molecule has 6 rings (SSSR count). The summed E-state index contributed by atoms with van der Waals surface area (Å²) in [6.45, 7) is 0.469. The zero-order valence-electron chi connectivity index (χ0n) is 20.1. The second-order valence-electron chi connectivity index (χ2n) is 9.39. The van der Waals surface area contributed by atoms with Crippen molar-refractivity contribution in [2.75, 3.05) is 0 Å². The first-order valence-corrected chi connectivity index (χ1v) is 12.1. The lowest BCUT2D eigenvalue weighted by atomic mass is 9.92. The number of aromatic nitrogens is 3. The van der Waals surface area contributed by atoms with Crippen LogP contribution >= 0.6 is 0 Å². The van der Waals surface area contributed by atoms with E-state index in [9.17, 15) is 13.2 Å². The van der Waals surface area contributed by atoms with E-state index in [0.717, 1.165) is 33.4 Å². The summed E-state index contributed by atoms with van der Waals surface area (Å²) in [4.78, 5) is 8.31. The van der Waals surface area contributed by atoms with E-state index in [0.29, 0.717) is 30.6 Å². The number of pyridine rings is 2. The van der Waals surface area contributed by atoms with E-state index >= 15 is 0 Å². The van der Waals surface area contributed by atoms with Crippen LogP contribution in [0, 0.1) is 0 Å². The highest BCUT2D eigenvalue weighted by Crippen LogP contribution is 2.40. The van der Waals surface area contributed by atoms with Crippen molar-refractivity contribution in [3.05, 3.63) is 90.4 Å². The Labute approximate surface area is 211 Å². The summed E-state index contributed by atoms with van der Waals surface area (Å²) in [6.07, 6.45) is 1.02. The maximum atomic E-state index is 14.0. The molecule has 8 heteroatoms. The molecule has 0 spiro atoms. The number of ether oxygens (including phenoxy) is 2. The van der Waals surface area contributed by atoms with E-state index in [1.807, 2.05) is 66.2 Å². The van der Waals surface area contributed by atoms with Gasteiger partial charge >= 0.3 is 6.18 Å². The first-order valence-electron chi connectivity index (χ1n) is 12.1. The average Bonchev–Trinajstić information content (AvgIpc) is 3.17. The van der Waals surface area contributed by atoms with Crippen molar-refractivity contribution in [2.24, 2.45) is 7.05 Å². The third kappa shape index (κ3) is 4.53. The molecule has 0 unspecified atom stereocenters. The second kappa shape index (κ2) is 9.19. The minimum absolute atomic E-state index is 0.0402. The molecule has 0 radical (unpaired) electrons. The molecule has 0 amide bonds. The number of halogens is 3. The molecule has 0 bridgehead atoms. The van der Waals surface area contributed by atoms with E-state index in [-0.39, 0.29) is 18.1 Å². The summed E-state index contributed by atoms with van der Waals surface area (Å²) < 4.78 is 55.6. The fourth-order valence-corrected chi connectivity index (χ4v) is 4.84. The van der Waals surface area contributed by atoms with E-state index in [1.165, 1.54) is 6.20 Å². The summed E-state index contributed by atoms with van der Waals surface area (Å²) in [6, 6.07) is 18.4. The first kappa shape index (κ1) is 23.5. The quantitative estimate of drug-likeness (QED) is 0.252. The van der Waals surface area contributed by atoms with Gasteiger partial charge in [0.05, 0.1) is 18.2 Å². The predicted molar refractivity (Wildman–Crippen MR) is 135 cm³/mol. The minimum atomic E-state index is -4.60. The Hall–Kier alpha value is -3.91. The number of fused-ring (bicyclic) bond motifs is 3. The highest BCUT2D eigenvalue weighted by atomic mass is 19.4. The average molecular weight is 504 g/mol. The van der Waals surface area contributed by atoms with Gasteiger partial charge in [-0.3, -0.25) is 4.98 Å². The van der Waals surface area contributed by atoms with Crippen LogP contribution in [0.5, 0.6) is 5.88 Å². The third-order valence-electron chi connectivity index (χ3n) is 6.96. The molecular weight excluding hydrogens is 479 g/mol. The molecule has 1 fully saturated rings. The van der Waals surface area contributed by atoms with Crippen LogP contribution in [0.2, 0.25) is 0 Å². The van der Waals surface area contributed by atoms with Gasteiger partial charge in [0.25, 0.3) is 0 Å². The van der Waals surface area contributed by atoms with Gasteiger partial charge in [-0.1, -0.05) is 42.5 Å². The van der Waals surface area contributed by atoms with E-state index in [1.54, 1.807) is 12.4 Å². The number of nitrogens with zero attached hydrogens (tertiary/aromatic N) is 3. The van der Waals surface area contributed by atoms with Gasteiger partial charge in [-0.05, 0) is 29.3 Å². The first-order chi connectivity index (χ1) is 17.9. The van der Waals surface area contributed by atoms with E-state index in [2.05, 4.69) is 9.97 Å². The molecule has 0 N–H and O–H groups in total. The zero-order chi connectivity index (χ0) is 25.6. The molecule has 0 aliphatic heterocycles.